The second kappa shape index (κ2) is 10.5. The van der Waals surface area contributed by atoms with Crippen LogP contribution in [0.25, 0.3) is 0 Å². The fourth-order valence-electron chi connectivity index (χ4n) is 3.19. The van der Waals surface area contributed by atoms with Crippen LogP contribution in [0.1, 0.15) is 10.4 Å². The third-order valence-corrected chi connectivity index (χ3v) is 6.33. The minimum absolute atomic E-state index is 0.0963. The molecule has 2 aromatic carbocycles. The summed E-state index contributed by atoms with van der Waals surface area (Å²) in [6.07, 6.45) is 1.52. The van der Waals surface area contributed by atoms with Gasteiger partial charge >= 0.3 is 0 Å². The van der Waals surface area contributed by atoms with Gasteiger partial charge in [-0.15, -0.1) is 0 Å². The number of amides is 1. The fourth-order valence-corrected chi connectivity index (χ4v) is 4.66. The lowest BCUT2D eigenvalue weighted by Crippen LogP contribution is -2.37. The number of carbonyl (C=O) groups is 1. The maximum absolute atomic E-state index is 12.6. The van der Waals surface area contributed by atoms with Crippen LogP contribution >= 0.6 is 23.7 Å². The number of carbonyl (C=O) groups excluding carboxylic acids is 1. The van der Waals surface area contributed by atoms with Gasteiger partial charge in [0.05, 0.1) is 0 Å². The molecule has 4 rings (SSSR count). The summed E-state index contributed by atoms with van der Waals surface area (Å²) < 4.78 is 3.07. The molecule has 3 N–H and O–H groups in total. The van der Waals surface area contributed by atoms with Gasteiger partial charge in [-0.1, -0.05) is 6.07 Å². The lowest BCUT2D eigenvalue weighted by atomic mass is 10.1. The van der Waals surface area contributed by atoms with Gasteiger partial charge in [0.15, 0.2) is 0 Å². The normalized spacial score (nSPS) is 13.6. The van der Waals surface area contributed by atoms with Gasteiger partial charge < -0.3 is 15.5 Å². The average Bonchev–Trinajstić information content (AvgIpc) is 2.80. The van der Waals surface area contributed by atoms with E-state index in [-0.39, 0.29) is 5.91 Å². The van der Waals surface area contributed by atoms with Gasteiger partial charge in [-0.25, -0.2) is 9.97 Å². The summed E-state index contributed by atoms with van der Waals surface area (Å²) in [5.74, 6) is 3.48. The molecule has 1 aliphatic rings. The monoisotopic (exact) mass is 452 g/mol. The van der Waals surface area contributed by atoms with Crippen LogP contribution in [0.5, 0.6) is 0 Å². The van der Waals surface area contributed by atoms with Crippen molar-refractivity contribution in [2.45, 2.75) is 4.90 Å². The highest BCUT2D eigenvalue weighted by Crippen LogP contribution is 2.23. The molecule has 0 atom stereocenters. The van der Waals surface area contributed by atoms with Gasteiger partial charge in [0.25, 0.3) is 5.91 Å². The smallest absolute Gasteiger partial charge is 0.253 e. The van der Waals surface area contributed by atoms with Crippen LogP contribution < -0.4 is 15.4 Å². The second-order valence-electron chi connectivity index (χ2n) is 6.85. The Balaban J connectivity index is 1.40. The molecule has 0 spiro atoms. The van der Waals surface area contributed by atoms with E-state index >= 15 is 0 Å². The number of nitrogens with zero attached hydrogens (tertiary/aromatic N) is 3. The highest BCUT2D eigenvalue weighted by atomic mass is 32.2. The maximum Gasteiger partial charge on any atom is 0.253 e. The topological polar surface area (TPSA) is 82.2 Å². The molecule has 7 nitrogen and oxygen atoms in total. The van der Waals surface area contributed by atoms with Crippen molar-refractivity contribution in [1.82, 2.24) is 19.6 Å². The quantitative estimate of drug-likeness (QED) is 0.456. The molecule has 0 bridgehead atoms. The van der Waals surface area contributed by atoms with Crippen LogP contribution in [-0.4, -0.2) is 52.4 Å². The first-order valence-electron chi connectivity index (χ1n) is 9.98. The largest absolute Gasteiger partial charge is 0.340 e. The number of aromatic nitrogens is 2. The zero-order chi connectivity index (χ0) is 21.5. The minimum Gasteiger partial charge on any atom is -0.340 e. The van der Waals surface area contributed by atoms with Crippen molar-refractivity contribution >= 4 is 52.6 Å². The lowest BCUT2D eigenvalue weighted by Gasteiger charge is -2.26. The van der Waals surface area contributed by atoms with Crippen molar-refractivity contribution in [1.29, 1.82) is 0 Å². The van der Waals surface area contributed by atoms with Crippen LogP contribution in [-0.2, 0) is 0 Å². The Bertz CT molecular complexity index is 1020. The first kappa shape index (κ1) is 21.5. The van der Waals surface area contributed by atoms with Gasteiger partial charge in [-0.05, 0) is 61.5 Å². The lowest BCUT2D eigenvalue weighted by molar-refractivity contribution is 0.0772. The Hall–Kier alpha value is -2.75. The summed E-state index contributed by atoms with van der Waals surface area (Å²) in [5.41, 5.74) is 2.52. The first-order valence-corrected chi connectivity index (χ1v) is 12.0. The van der Waals surface area contributed by atoms with E-state index in [9.17, 15) is 4.79 Å². The average molecular weight is 453 g/mol. The van der Waals surface area contributed by atoms with Crippen LogP contribution in [0.4, 0.5) is 23.0 Å². The molecule has 1 saturated heterocycles. The van der Waals surface area contributed by atoms with Crippen molar-refractivity contribution in [2.75, 3.05) is 42.3 Å². The summed E-state index contributed by atoms with van der Waals surface area (Å²) in [5, 5.41) is 6.58. The second-order valence-corrected chi connectivity index (χ2v) is 9.16. The molecule has 3 aromatic rings. The zero-order valence-corrected chi connectivity index (χ0v) is 18.8. The summed E-state index contributed by atoms with van der Waals surface area (Å²) >= 11 is 3.45. The van der Waals surface area contributed by atoms with Crippen LogP contribution in [0.2, 0.25) is 0 Å². The van der Waals surface area contributed by atoms with E-state index in [0.717, 1.165) is 40.9 Å². The molecule has 0 unspecified atom stereocenters. The van der Waals surface area contributed by atoms with Crippen molar-refractivity contribution in [3.05, 3.63) is 66.5 Å². The molecule has 1 aliphatic heterocycles. The SMILES string of the molecule is CNSc1cccc(Nc2cc(Nc3ccc(C(=O)N4CCSCC4)cc3)ncn2)c1. The summed E-state index contributed by atoms with van der Waals surface area (Å²) in [6, 6.07) is 17.4. The minimum atomic E-state index is 0.0963. The molecular weight excluding hydrogens is 428 g/mol. The van der Waals surface area contributed by atoms with Crippen molar-refractivity contribution in [3.8, 4) is 0 Å². The highest BCUT2D eigenvalue weighted by molar-refractivity contribution is 7.99. The third-order valence-electron chi connectivity index (χ3n) is 4.70. The number of rotatable bonds is 7. The molecule has 9 heteroatoms. The number of benzene rings is 2. The number of hydrogen-bond donors (Lipinski definition) is 3. The van der Waals surface area contributed by atoms with E-state index in [1.165, 1.54) is 6.33 Å². The van der Waals surface area contributed by atoms with Gasteiger partial charge in [0, 0.05) is 52.5 Å². The van der Waals surface area contributed by atoms with Crippen molar-refractivity contribution in [3.63, 3.8) is 0 Å². The zero-order valence-electron chi connectivity index (χ0n) is 17.2. The molecule has 0 aliphatic carbocycles. The van der Waals surface area contributed by atoms with Crippen LogP contribution in [0.15, 0.2) is 65.8 Å². The third kappa shape index (κ3) is 5.90. The van der Waals surface area contributed by atoms with Gasteiger partial charge in [-0.3, -0.25) is 9.52 Å². The Morgan fingerprint density at radius 3 is 2.39 bits per heavy atom. The first-order chi connectivity index (χ1) is 15.2. The number of nitrogens with one attached hydrogen (secondary N) is 3. The molecule has 0 radical (unpaired) electrons. The number of hydrogen-bond acceptors (Lipinski definition) is 8. The standard InChI is InChI=1S/C22H24N6OS2/c1-23-31-19-4-2-3-18(13-19)27-21-14-20(24-15-25-21)26-17-7-5-16(6-8-17)22(29)28-9-11-30-12-10-28/h2-8,13-15,23H,9-12H2,1H3,(H2,24,25,26,27). The van der Waals surface area contributed by atoms with Gasteiger partial charge in [0.1, 0.15) is 18.0 Å². The molecule has 1 fully saturated rings. The Morgan fingerprint density at radius 1 is 0.968 bits per heavy atom. The van der Waals surface area contributed by atoms with Gasteiger partial charge in [0.2, 0.25) is 0 Å². The molecule has 1 aromatic heterocycles. The summed E-state index contributed by atoms with van der Waals surface area (Å²) in [7, 11) is 1.89. The Labute approximate surface area is 190 Å². The van der Waals surface area contributed by atoms with Crippen LogP contribution in [0.3, 0.4) is 0 Å². The van der Waals surface area contributed by atoms with Crippen molar-refractivity contribution < 1.29 is 4.79 Å². The summed E-state index contributed by atoms with van der Waals surface area (Å²) in [4.78, 5) is 24.3. The number of thioether (sulfide) groups is 1. The van der Waals surface area contributed by atoms with Gasteiger partial charge in [-0.2, -0.15) is 11.8 Å². The fraction of sp³-hybridized carbons (Fsp3) is 0.227. The van der Waals surface area contributed by atoms with Crippen LogP contribution in [0, 0.1) is 0 Å². The maximum atomic E-state index is 12.6. The molecular formula is C22H24N6OS2. The molecule has 0 saturated carbocycles. The van der Waals surface area contributed by atoms with E-state index in [1.807, 2.05) is 78.3 Å². The molecule has 31 heavy (non-hydrogen) atoms. The Morgan fingerprint density at radius 2 is 1.68 bits per heavy atom. The Kier molecular flexibility index (Phi) is 7.29. The predicted molar refractivity (Wildman–Crippen MR) is 130 cm³/mol. The predicted octanol–water partition coefficient (Wildman–Crippen LogP) is 4.38. The number of anilines is 4. The molecule has 2 heterocycles. The van der Waals surface area contributed by atoms with Crippen molar-refractivity contribution in [2.24, 2.45) is 0 Å². The van der Waals surface area contributed by atoms with E-state index in [4.69, 9.17) is 0 Å². The molecule has 160 valence electrons. The highest BCUT2D eigenvalue weighted by Gasteiger charge is 2.18. The summed E-state index contributed by atoms with van der Waals surface area (Å²) in [6.45, 7) is 1.63. The van der Waals surface area contributed by atoms with E-state index < -0.39 is 0 Å². The van der Waals surface area contributed by atoms with E-state index in [1.54, 1.807) is 11.9 Å². The molecule has 1 amide bonds. The van der Waals surface area contributed by atoms with E-state index in [0.29, 0.717) is 17.2 Å². The van der Waals surface area contributed by atoms with E-state index in [2.05, 4.69) is 25.3 Å².